The molecule has 0 unspecified atom stereocenters. The fourth-order valence-corrected chi connectivity index (χ4v) is 0.204. The molecule has 4 heteroatoms. The molecule has 0 fully saturated rings. The highest BCUT2D eigenvalue weighted by Crippen LogP contribution is 1.68. The first kappa shape index (κ1) is 5.00. The second-order valence-electron chi connectivity index (χ2n) is 0.932. The Balaban J connectivity index is 3.89. The van der Waals surface area contributed by atoms with E-state index in [9.17, 15) is 4.79 Å². The van der Waals surface area contributed by atoms with Gasteiger partial charge in [-0.3, -0.25) is 0 Å². The van der Waals surface area contributed by atoms with E-state index in [0.717, 1.165) is 0 Å². The summed E-state index contributed by atoms with van der Waals surface area (Å²) in [7, 11) is 0. The molecule has 0 saturated carbocycles. The van der Waals surface area contributed by atoms with Crippen LogP contribution >= 0.6 is 0 Å². The Morgan fingerprint density at radius 3 is 3.25 bits per heavy atom. The maximum atomic E-state index is 10.3. The van der Waals surface area contributed by atoms with Crippen LogP contribution in [-0.2, 0) is 9.53 Å². The second-order valence-corrected chi connectivity index (χ2v) is 0.932. The first-order valence-electron chi connectivity index (χ1n) is 2.58. The lowest BCUT2D eigenvalue weighted by Gasteiger charge is -1.86. The number of nitrogens with zero attached hydrogens (tertiary/aromatic N) is 2. The van der Waals surface area contributed by atoms with Gasteiger partial charge in [-0.05, 0) is 6.92 Å². The molecule has 0 aliphatic carbocycles. The van der Waals surface area contributed by atoms with Gasteiger partial charge in [-0.25, -0.2) is 4.79 Å². The van der Waals surface area contributed by atoms with Crippen LogP contribution in [-0.4, -0.2) is 23.6 Å². The summed E-state index contributed by atoms with van der Waals surface area (Å²) < 4.78 is 10.8. The summed E-state index contributed by atoms with van der Waals surface area (Å²) >= 11 is 0. The van der Waals surface area contributed by atoms with Crippen LogP contribution in [0.3, 0.4) is 0 Å². The summed E-state index contributed by atoms with van der Waals surface area (Å²) in [6.45, 7) is 1.78. The van der Waals surface area contributed by atoms with Crippen molar-refractivity contribution in [2.24, 2.45) is 0 Å². The number of carbonyl (C=O) groups is 1. The van der Waals surface area contributed by atoms with Gasteiger partial charge in [-0.1, -0.05) is 0 Å². The lowest BCUT2D eigenvalue weighted by molar-refractivity contribution is -0.138. The molecular formula is C4H6N2O2. The fraction of sp³-hybridized carbons (Fsp3) is 0.500. The van der Waals surface area contributed by atoms with Crippen LogP contribution < -0.4 is 0 Å². The smallest absolute Gasteiger partial charge is 0.413 e. The Morgan fingerprint density at radius 1 is 2.25 bits per heavy atom. The summed E-state index contributed by atoms with van der Waals surface area (Å²) in [5, 5.41) is 0. The van der Waals surface area contributed by atoms with Gasteiger partial charge in [0.25, 0.3) is 0 Å². The normalized spacial score (nSPS) is 8.88. The maximum absolute atomic E-state index is 10.3. The predicted octanol–water partition coefficient (Wildman–Crippen LogP) is -0.150. The number of hydrogen-bond donors (Lipinski definition) is 0. The third kappa shape index (κ3) is 3.06. The van der Waals surface area contributed by atoms with Gasteiger partial charge < -0.3 is 10.3 Å². The molecule has 0 aromatic rings. The molecule has 0 radical (unpaired) electrons. The largest absolute Gasteiger partial charge is 0.458 e. The van der Waals surface area contributed by atoms with Gasteiger partial charge in [0.15, 0.2) is 1.37 Å². The molecule has 0 heterocycles. The Labute approximate surface area is 48.1 Å². The zero-order chi connectivity index (χ0) is 7.28. The zero-order valence-electron chi connectivity index (χ0n) is 5.42. The average Bonchev–Trinajstić information content (AvgIpc) is 1.87. The van der Waals surface area contributed by atoms with Crippen molar-refractivity contribution in [2.45, 2.75) is 6.92 Å². The van der Waals surface area contributed by atoms with Gasteiger partial charge in [0.05, 0.1) is 6.61 Å². The Bertz CT molecular complexity index is 162. The molecule has 44 valence electrons. The quantitative estimate of drug-likeness (QED) is 0.217. The third-order valence-electron chi connectivity index (χ3n) is 0.417. The molecule has 0 aromatic heterocycles. The average molecular weight is 115 g/mol. The summed E-state index contributed by atoms with van der Waals surface area (Å²) in [5.74, 6) is -0.917. The van der Waals surface area contributed by atoms with Crippen molar-refractivity contribution in [1.29, 1.82) is 0 Å². The van der Waals surface area contributed by atoms with E-state index < -0.39 is 12.2 Å². The Morgan fingerprint density at radius 2 is 2.88 bits per heavy atom. The fourth-order valence-electron chi connectivity index (χ4n) is 0.204. The summed E-state index contributed by atoms with van der Waals surface area (Å²) in [4.78, 5) is 12.6. The molecule has 0 aromatic carbocycles. The van der Waals surface area contributed by atoms with Gasteiger partial charge in [0.1, 0.15) is 0 Å². The number of esters is 1. The van der Waals surface area contributed by atoms with Gasteiger partial charge in [-0.15, -0.1) is 0 Å². The van der Waals surface area contributed by atoms with E-state index in [-0.39, 0.29) is 6.61 Å². The minimum Gasteiger partial charge on any atom is -0.458 e. The van der Waals surface area contributed by atoms with Crippen LogP contribution in [0.15, 0.2) is 0 Å². The predicted molar refractivity (Wildman–Crippen MR) is 26.3 cm³/mol. The van der Waals surface area contributed by atoms with Crippen LogP contribution in [0.5, 0.6) is 0 Å². The highest BCUT2D eigenvalue weighted by molar-refractivity contribution is 6.20. The lowest BCUT2D eigenvalue weighted by atomic mass is 10.7. The van der Waals surface area contributed by atoms with Gasteiger partial charge in [0, 0.05) is 0 Å². The van der Waals surface area contributed by atoms with E-state index in [1.807, 2.05) is 0 Å². The molecular weight excluding hydrogens is 108 g/mol. The van der Waals surface area contributed by atoms with Crippen LogP contribution in [0, 0.1) is 0 Å². The molecule has 0 rings (SSSR count). The van der Waals surface area contributed by atoms with Gasteiger partial charge in [0.2, 0.25) is 0 Å². The molecule has 0 aliphatic rings. The minimum absolute atomic E-state index is 0.177. The van der Waals surface area contributed by atoms with E-state index in [0.29, 0.717) is 0 Å². The van der Waals surface area contributed by atoms with E-state index in [2.05, 4.69) is 9.53 Å². The number of hydrogen-bond acceptors (Lipinski definition) is 2. The Hall–Kier alpha value is -1.15. The van der Waals surface area contributed by atoms with Gasteiger partial charge >= 0.3 is 12.2 Å². The van der Waals surface area contributed by atoms with Crippen LogP contribution in [0.1, 0.15) is 8.29 Å². The molecule has 0 aliphatic heterocycles. The topological polar surface area (TPSA) is 62.7 Å². The summed E-state index contributed by atoms with van der Waals surface area (Å²) in [5.41, 5.74) is 7.83. The van der Waals surface area contributed by atoms with E-state index in [1.54, 1.807) is 6.92 Å². The monoisotopic (exact) mass is 115 g/mol. The van der Waals surface area contributed by atoms with Crippen molar-refractivity contribution in [3.8, 4) is 0 Å². The summed E-state index contributed by atoms with van der Waals surface area (Å²) in [6, 6.07) is 0. The summed E-state index contributed by atoms with van der Waals surface area (Å²) in [6.07, 6.45) is -0.781. The van der Waals surface area contributed by atoms with Crippen molar-refractivity contribution in [3.63, 3.8) is 0 Å². The molecule has 0 saturated heterocycles. The van der Waals surface area contributed by atoms with Crippen molar-refractivity contribution in [2.75, 3.05) is 6.61 Å². The molecule has 0 amide bonds. The van der Waals surface area contributed by atoms with Crippen molar-refractivity contribution in [1.82, 2.24) is 0 Å². The zero-order valence-corrected chi connectivity index (χ0v) is 4.42. The van der Waals surface area contributed by atoms with E-state index >= 15 is 0 Å². The molecule has 4 nitrogen and oxygen atoms in total. The lowest BCUT2D eigenvalue weighted by Crippen LogP contribution is -2.04. The first-order chi connectivity index (χ1) is 4.22. The Kier molecular flexibility index (Phi) is 2.51. The number of ether oxygens (including phenoxy) is 1. The van der Waals surface area contributed by atoms with Crippen molar-refractivity contribution >= 4 is 12.2 Å². The van der Waals surface area contributed by atoms with Crippen molar-refractivity contribution in [3.05, 3.63) is 5.53 Å². The van der Waals surface area contributed by atoms with Crippen LogP contribution in [0.25, 0.3) is 5.53 Å². The molecule has 0 N–H and O–H groups in total. The maximum Gasteiger partial charge on any atom is 0.413 e. The van der Waals surface area contributed by atoms with E-state index in [1.165, 1.54) is 0 Å². The highest BCUT2D eigenvalue weighted by atomic mass is 16.5. The van der Waals surface area contributed by atoms with Crippen molar-refractivity contribution < 1.29 is 15.7 Å². The van der Waals surface area contributed by atoms with E-state index in [4.69, 9.17) is 6.90 Å². The minimum atomic E-state index is -0.917. The SMILES string of the molecule is [2H]C(=[N+]=[N-])C(=O)OCC. The highest BCUT2D eigenvalue weighted by Gasteiger charge is 1.97. The second kappa shape index (κ2) is 4.02. The van der Waals surface area contributed by atoms with Crippen LogP contribution in [0.4, 0.5) is 0 Å². The van der Waals surface area contributed by atoms with Gasteiger partial charge in [-0.2, -0.15) is 4.79 Å². The van der Waals surface area contributed by atoms with Crippen LogP contribution in [0.2, 0.25) is 0 Å². The molecule has 0 bridgehead atoms. The molecule has 0 atom stereocenters. The number of carbonyl (C=O) groups excluding carboxylic acids is 1. The first-order valence-corrected chi connectivity index (χ1v) is 2.08. The molecule has 0 spiro atoms. The molecule has 8 heavy (non-hydrogen) atoms. The standard InChI is InChI=1S/C4H6N2O2/c1-2-8-4(7)3-6-5/h3H,2H2,1H3/i3D. The third-order valence-corrected chi connectivity index (χ3v) is 0.417. The number of rotatable bonds is 2.